The van der Waals surface area contributed by atoms with Crippen LogP contribution in [-0.4, -0.2) is 18.9 Å². The molecule has 0 aliphatic rings. The summed E-state index contributed by atoms with van der Waals surface area (Å²) in [6, 6.07) is 7.24. The molecule has 0 bridgehead atoms. The number of carbonyl (C=O) groups excluding carboxylic acids is 2. The van der Waals surface area contributed by atoms with Gasteiger partial charge in [0.2, 0.25) is 0 Å². The predicted octanol–water partition coefficient (Wildman–Crippen LogP) is 2.77. The van der Waals surface area contributed by atoms with Gasteiger partial charge in [0.1, 0.15) is 5.92 Å². The van der Waals surface area contributed by atoms with Gasteiger partial charge in [0.25, 0.3) is 0 Å². The van der Waals surface area contributed by atoms with Crippen molar-refractivity contribution in [2.75, 3.05) is 7.11 Å². The Labute approximate surface area is 114 Å². The molecular weight excluding hydrogens is 240 g/mol. The highest BCUT2D eigenvalue weighted by atomic mass is 16.5. The van der Waals surface area contributed by atoms with E-state index < -0.39 is 11.9 Å². The molecule has 3 nitrogen and oxygen atoms in total. The Kier molecular flexibility index (Phi) is 5.81. The number of benzene rings is 1. The van der Waals surface area contributed by atoms with Gasteiger partial charge in [-0.1, -0.05) is 24.3 Å². The number of aryl methyl sites for hydroxylation is 1. The van der Waals surface area contributed by atoms with Crippen LogP contribution in [0.15, 0.2) is 24.3 Å². The Hall–Kier alpha value is -2.08. The largest absolute Gasteiger partial charge is 0.468 e. The summed E-state index contributed by atoms with van der Waals surface area (Å²) >= 11 is 0. The molecule has 1 aromatic rings. The minimum absolute atomic E-state index is 0.192. The maximum Gasteiger partial charge on any atom is 0.316 e. The van der Waals surface area contributed by atoms with E-state index in [1.807, 2.05) is 19.1 Å². The molecule has 0 radical (unpaired) electrons. The number of ketones is 1. The van der Waals surface area contributed by atoms with Crippen molar-refractivity contribution < 1.29 is 14.3 Å². The molecule has 0 aliphatic carbocycles. The summed E-state index contributed by atoms with van der Waals surface area (Å²) in [7, 11) is 1.30. The second kappa shape index (κ2) is 7.38. The minimum atomic E-state index is -0.771. The molecule has 0 saturated heterocycles. The van der Waals surface area contributed by atoms with Crippen molar-refractivity contribution in [1.82, 2.24) is 0 Å². The van der Waals surface area contributed by atoms with Gasteiger partial charge < -0.3 is 4.74 Å². The van der Waals surface area contributed by atoms with Crippen LogP contribution in [0, 0.1) is 24.7 Å². The third kappa shape index (κ3) is 3.96. The van der Waals surface area contributed by atoms with Gasteiger partial charge in [-0.3, -0.25) is 9.59 Å². The van der Waals surface area contributed by atoms with Gasteiger partial charge in [0.05, 0.1) is 7.11 Å². The second-order valence-corrected chi connectivity index (χ2v) is 4.22. The maximum atomic E-state index is 12.4. The zero-order chi connectivity index (χ0) is 14.3. The molecule has 0 amide bonds. The first-order valence-corrected chi connectivity index (χ1v) is 6.19. The Balaban J connectivity index is 2.96. The van der Waals surface area contributed by atoms with E-state index in [1.54, 1.807) is 19.1 Å². The number of hydrogen-bond donors (Lipinski definition) is 0. The zero-order valence-corrected chi connectivity index (χ0v) is 11.5. The Morgan fingerprint density at radius 1 is 1.32 bits per heavy atom. The van der Waals surface area contributed by atoms with Gasteiger partial charge >= 0.3 is 5.97 Å². The Morgan fingerprint density at radius 2 is 2.00 bits per heavy atom. The smallest absolute Gasteiger partial charge is 0.316 e. The lowest BCUT2D eigenvalue weighted by Gasteiger charge is -2.13. The van der Waals surface area contributed by atoms with Gasteiger partial charge in [-0.15, -0.1) is 11.8 Å². The van der Waals surface area contributed by atoms with Crippen molar-refractivity contribution in [3.8, 4) is 11.8 Å². The fourth-order valence-electron chi connectivity index (χ4n) is 1.88. The summed E-state index contributed by atoms with van der Waals surface area (Å²) in [4.78, 5) is 24.2. The molecular formula is C16H18O3. The van der Waals surface area contributed by atoms with Crippen molar-refractivity contribution in [1.29, 1.82) is 0 Å². The van der Waals surface area contributed by atoms with Crippen LogP contribution in [0.2, 0.25) is 0 Å². The summed E-state index contributed by atoms with van der Waals surface area (Å²) in [5, 5.41) is 0. The molecule has 0 N–H and O–H groups in total. The summed E-state index contributed by atoms with van der Waals surface area (Å²) in [6.07, 6.45) is 0.897. The molecule has 1 unspecified atom stereocenters. The van der Waals surface area contributed by atoms with Crippen LogP contribution in [0.5, 0.6) is 0 Å². The van der Waals surface area contributed by atoms with Crippen molar-refractivity contribution >= 4 is 11.8 Å². The molecule has 0 aromatic heterocycles. The molecule has 0 spiro atoms. The molecule has 100 valence electrons. The highest BCUT2D eigenvalue weighted by molar-refractivity contribution is 6.09. The molecule has 1 aromatic carbocycles. The van der Waals surface area contributed by atoms with E-state index >= 15 is 0 Å². The predicted molar refractivity (Wildman–Crippen MR) is 73.7 cm³/mol. The van der Waals surface area contributed by atoms with Crippen molar-refractivity contribution in [2.24, 2.45) is 5.92 Å². The fourth-order valence-corrected chi connectivity index (χ4v) is 1.88. The average molecular weight is 258 g/mol. The van der Waals surface area contributed by atoms with Crippen LogP contribution in [-0.2, 0) is 9.53 Å². The van der Waals surface area contributed by atoms with Gasteiger partial charge in [-0.2, -0.15) is 0 Å². The van der Waals surface area contributed by atoms with Crippen LogP contribution < -0.4 is 0 Å². The van der Waals surface area contributed by atoms with Gasteiger partial charge in [0.15, 0.2) is 5.78 Å². The van der Waals surface area contributed by atoms with Crippen molar-refractivity contribution in [3.63, 3.8) is 0 Å². The zero-order valence-electron chi connectivity index (χ0n) is 11.5. The number of hydrogen-bond acceptors (Lipinski definition) is 3. The van der Waals surface area contributed by atoms with Crippen LogP contribution in [0.3, 0.4) is 0 Å². The van der Waals surface area contributed by atoms with E-state index in [4.69, 9.17) is 4.74 Å². The lowest BCUT2D eigenvalue weighted by Crippen LogP contribution is -2.26. The standard InChI is InChI=1S/C16H18O3/c1-4-5-6-11-14(16(18)19-3)15(17)13-10-8-7-9-12(13)2/h7-10,14H,6,11H2,1-3H3. The topological polar surface area (TPSA) is 43.4 Å². The van der Waals surface area contributed by atoms with E-state index in [0.29, 0.717) is 18.4 Å². The Morgan fingerprint density at radius 3 is 2.58 bits per heavy atom. The number of carbonyl (C=O) groups is 2. The number of methoxy groups -OCH3 is 1. The third-order valence-electron chi connectivity index (χ3n) is 2.95. The Bertz CT molecular complexity index is 520. The van der Waals surface area contributed by atoms with Crippen LogP contribution in [0.1, 0.15) is 35.7 Å². The van der Waals surface area contributed by atoms with E-state index in [-0.39, 0.29) is 5.78 Å². The molecule has 0 heterocycles. The first-order valence-electron chi connectivity index (χ1n) is 6.19. The van der Waals surface area contributed by atoms with E-state index in [2.05, 4.69) is 11.8 Å². The highest BCUT2D eigenvalue weighted by Crippen LogP contribution is 2.18. The van der Waals surface area contributed by atoms with Gasteiger partial charge in [-0.25, -0.2) is 0 Å². The normalized spacial score (nSPS) is 11.1. The van der Waals surface area contributed by atoms with Gasteiger partial charge in [-0.05, 0) is 25.8 Å². The summed E-state index contributed by atoms with van der Waals surface area (Å²) in [5.41, 5.74) is 1.44. The molecule has 0 fully saturated rings. The second-order valence-electron chi connectivity index (χ2n) is 4.22. The lowest BCUT2D eigenvalue weighted by atomic mass is 9.91. The summed E-state index contributed by atoms with van der Waals surface area (Å²) in [5.74, 6) is 4.17. The minimum Gasteiger partial charge on any atom is -0.468 e. The van der Waals surface area contributed by atoms with Crippen molar-refractivity contribution in [3.05, 3.63) is 35.4 Å². The fraction of sp³-hybridized carbons (Fsp3) is 0.375. The highest BCUT2D eigenvalue weighted by Gasteiger charge is 2.28. The number of rotatable bonds is 5. The maximum absolute atomic E-state index is 12.4. The molecule has 0 aliphatic heterocycles. The van der Waals surface area contributed by atoms with Crippen molar-refractivity contribution in [2.45, 2.75) is 26.7 Å². The molecule has 3 heteroatoms. The molecule has 1 atom stereocenters. The first-order chi connectivity index (χ1) is 9.11. The summed E-state index contributed by atoms with van der Waals surface area (Å²) in [6.45, 7) is 3.59. The lowest BCUT2D eigenvalue weighted by molar-refractivity contribution is -0.143. The van der Waals surface area contributed by atoms with Gasteiger partial charge in [0, 0.05) is 12.0 Å². The summed E-state index contributed by atoms with van der Waals surface area (Å²) < 4.78 is 4.72. The van der Waals surface area contributed by atoms with Crippen LogP contribution in [0.25, 0.3) is 0 Å². The van der Waals surface area contributed by atoms with E-state index in [1.165, 1.54) is 7.11 Å². The molecule has 1 rings (SSSR count). The van der Waals surface area contributed by atoms with Crippen LogP contribution >= 0.6 is 0 Å². The number of esters is 1. The first kappa shape index (κ1) is 15.0. The SMILES string of the molecule is CC#CCCC(C(=O)OC)C(=O)c1ccccc1C. The average Bonchev–Trinajstić information content (AvgIpc) is 2.43. The molecule has 0 saturated carbocycles. The van der Waals surface area contributed by atoms with E-state index in [0.717, 1.165) is 5.56 Å². The quantitative estimate of drug-likeness (QED) is 0.353. The van der Waals surface area contributed by atoms with Crippen LogP contribution in [0.4, 0.5) is 0 Å². The third-order valence-corrected chi connectivity index (χ3v) is 2.95. The molecule has 19 heavy (non-hydrogen) atoms. The number of Topliss-reactive ketones (excluding diaryl/α,β-unsaturated/α-hetero) is 1. The monoisotopic (exact) mass is 258 g/mol. The number of ether oxygens (including phenoxy) is 1. The van der Waals surface area contributed by atoms with E-state index in [9.17, 15) is 9.59 Å².